The summed E-state index contributed by atoms with van der Waals surface area (Å²) in [5.41, 5.74) is 0. The van der Waals surface area contributed by atoms with Crippen LogP contribution >= 0.6 is 18.2 Å². The minimum Gasteiger partial charge on any atom is -0.301 e. The van der Waals surface area contributed by atoms with E-state index in [2.05, 4.69) is 32.6 Å². The van der Waals surface area contributed by atoms with Gasteiger partial charge in [0.1, 0.15) is 0 Å². The second-order valence-electron chi connectivity index (χ2n) is 8.78. The highest BCUT2D eigenvalue weighted by Gasteiger charge is 2.35. The lowest BCUT2D eigenvalue weighted by Gasteiger charge is -2.44. The Balaban J connectivity index is 1.88. The molecule has 0 aromatic rings. The van der Waals surface area contributed by atoms with Gasteiger partial charge in [0.2, 0.25) is 0 Å². The van der Waals surface area contributed by atoms with Crippen molar-refractivity contribution in [1.82, 2.24) is 4.90 Å². The molecule has 0 spiro atoms. The van der Waals surface area contributed by atoms with Crippen LogP contribution in [0.3, 0.4) is 0 Å². The average Bonchev–Trinajstić information content (AvgIpc) is 2.59. The van der Waals surface area contributed by atoms with Gasteiger partial charge in [-0.05, 0) is 80.7 Å². The zero-order valence-corrected chi connectivity index (χ0v) is 19.0. The SMILES string of the molecule is CC(C)CCOP(=O)(OCCC(C)C)SCC1CCCN2CCCCC12. The third kappa shape index (κ3) is 7.83. The summed E-state index contributed by atoms with van der Waals surface area (Å²) in [6.07, 6.45) is 8.37. The van der Waals surface area contributed by atoms with Crippen molar-refractivity contribution in [3.8, 4) is 0 Å². The van der Waals surface area contributed by atoms with E-state index in [0.717, 1.165) is 18.6 Å². The second-order valence-corrected chi connectivity index (χ2v) is 12.9. The Morgan fingerprint density at radius 3 is 2.19 bits per heavy atom. The van der Waals surface area contributed by atoms with E-state index in [0.29, 0.717) is 37.0 Å². The summed E-state index contributed by atoms with van der Waals surface area (Å²) in [7, 11) is 0. The standard InChI is InChI=1S/C20H40NO3PS/c1-17(2)10-14-23-25(22,24-15-11-18(3)4)26-16-19-8-7-13-21-12-6-5-9-20(19)21/h17-20H,5-16H2,1-4H3. The van der Waals surface area contributed by atoms with Crippen molar-refractivity contribution in [2.24, 2.45) is 17.8 Å². The summed E-state index contributed by atoms with van der Waals surface area (Å²) in [6.45, 7) is 9.18. The van der Waals surface area contributed by atoms with E-state index in [1.165, 1.54) is 56.6 Å². The summed E-state index contributed by atoms with van der Waals surface area (Å²) in [6, 6.07) is 0.685. The van der Waals surface area contributed by atoms with Gasteiger partial charge in [-0.25, -0.2) is 4.57 Å². The molecule has 2 rings (SSSR count). The Morgan fingerprint density at radius 2 is 1.58 bits per heavy atom. The summed E-state index contributed by atoms with van der Waals surface area (Å²) in [5.74, 6) is 2.64. The highest BCUT2D eigenvalue weighted by Crippen LogP contribution is 2.62. The van der Waals surface area contributed by atoms with Crippen LogP contribution in [0.25, 0.3) is 0 Å². The Bertz CT molecular complexity index is 427. The highest BCUT2D eigenvalue weighted by atomic mass is 32.7. The number of rotatable bonds is 11. The van der Waals surface area contributed by atoms with Crippen LogP contribution in [0.4, 0.5) is 0 Å². The first-order chi connectivity index (χ1) is 12.4. The van der Waals surface area contributed by atoms with Gasteiger partial charge in [0.25, 0.3) is 0 Å². The first-order valence-corrected chi connectivity index (χ1v) is 13.8. The quantitative estimate of drug-likeness (QED) is 0.382. The van der Waals surface area contributed by atoms with Gasteiger partial charge in [0, 0.05) is 11.8 Å². The number of fused-ring (bicyclic) bond motifs is 1. The van der Waals surface area contributed by atoms with Gasteiger partial charge in [-0.15, -0.1) is 0 Å². The number of hydrogen-bond donors (Lipinski definition) is 0. The first kappa shape index (κ1) is 22.7. The molecule has 2 aliphatic heterocycles. The van der Waals surface area contributed by atoms with Crippen LogP contribution in [0.2, 0.25) is 0 Å². The lowest BCUT2D eigenvalue weighted by molar-refractivity contribution is 0.0693. The van der Waals surface area contributed by atoms with Crippen LogP contribution < -0.4 is 0 Å². The average molecular weight is 406 g/mol. The smallest absolute Gasteiger partial charge is 0.301 e. The van der Waals surface area contributed by atoms with Gasteiger partial charge in [-0.2, -0.15) is 0 Å². The van der Waals surface area contributed by atoms with Gasteiger partial charge in [-0.3, -0.25) is 0 Å². The maximum Gasteiger partial charge on any atom is 0.389 e. The molecule has 2 heterocycles. The van der Waals surface area contributed by atoms with Gasteiger partial charge < -0.3 is 13.9 Å². The molecular formula is C20H40NO3PS. The van der Waals surface area contributed by atoms with Crippen molar-refractivity contribution in [3.05, 3.63) is 0 Å². The van der Waals surface area contributed by atoms with Gasteiger partial charge in [0.15, 0.2) is 0 Å². The number of hydrogen-bond acceptors (Lipinski definition) is 5. The van der Waals surface area contributed by atoms with Crippen molar-refractivity contribution in [2.45, 2.75) is 78.7 Å². The monoisotopic (exact) mass is 405 g/mol. The molecule has 0 aliphatic carbocycles. The fraction of sp³-hybridized carbons (Fsp3) is 1.00. The highest BCUT2D eigenvalue weighted by molar-refractivity contribution is 8.55. The van der Waals surface area contributed by atoms with E-state index in [1.54, 1.807) is 0 Å². The minimum absolute atomic E-state index is 0.532. The fourth-order valence-corrected chi connectivity index (χ4v) is 7.53. The van der Waals surface area contributed by atoms with Crippen LogP contribution in [-0.2, 0) is 13.6 Å². The molecule has 0 amide bonds. The predicted molar refractivity (Wildman–Crippen MR) is 113 cm³/mol. The normalized spacial score (nSPS) is 25.0. The number of piperidine rings is 2. The Morgan fingerprint density at radius 1 is 0.962 bits per heavy atom. The van der Waals surface area contributed by atoms with E-state index >= 15 is 0 Å². The van der Waals surface area contributed by atoms with Crippen LogP contribution in [0, 0.1) is 17.8 Å². The van der Waals surface area contributed by atoms with Crippen LogP contribution in [0.15, 0.2) is 0 Å². The molecule has 2 fully saturated rings. The largest absolute Gasteiger partial charge is 0.389 e. The molecule has 154 valence electrons. The Hall–Kier alpha value is 0.460. The molecule has 0 aromatic heterocycles. The van der Waals surface area contributed by atoms with Crippen LogP contribution in [0.1, 0.15) is 72.6 Å². The molecule has 0 saturated carbocycles. The molecule has 0 N–H and O–H groups in total. The summed E-state index contributed by atoms with van der Waals surface area (Å²) in [4.78, 5) is 2.67. The fourth-order valence-electron chi connectivity index (χ4n) is 3.87. The van der Waals surface area contributed by atoms with Gasteiger partial charge in [0.05, 0.1) is 13.2 Å². The molecule has 0 aromatic carbocycles. The van der Waals surface area contributed by atoms with Crippen molar-refractivity contribution < 1.29 is 13.6 Å². The van der Waals surface area contributed by atoms with Crippen LogP contribution in [0.5, 0.6) is 0 Å². The van der Waals surface area contributed by atoms with Crippen molar-refractivity contribution in [3.63, 3.8) is 0 Å². The van der Waals surface area contributed by atoms with E-state index in [4.69, 9.17) is 9.05 Å². The molecule has 2 atom stereocenters. The topological polar surface area (TPSA) is 38.8 Å². The summed E-state index contributed by atoms with van der Waals surface area (Å²) < 4.78 is 24.9. The molecule has 0 radical (unpaired) electrons. The zero-order chi connectivity index (χ0) is 19.0. The third-order valence-electron chi connectivity index (χ3n) is 5.56. The molecule has 26 heavy (non-hydrogen) atoms. The molecular weight excluding hydrogens is 365 g/mol. The second kappa shape index (κ2) is 11.5. The lowest BCUT2D eigenvalue weighted by atomic mass is 9.85. The van der Waals surface area contributed by atoms with E-state index in [9.17, 15) is 4.57 Å². The van der Waals surface area contributed by atoms with Crippen molar-refractivity contribution in [2.75, 3.05) is 32.1 Å². The lowest BCUT2D eigenvalue weighted by Crippen LogP contribution is -2.48. The summed E-state index contributed by atoms with van der Waals surface area (Å²) in [5, 5.41) is 0. The molecule has 0 bridgehead atoms. The van der Waals surface area contributed by atoms with Crippen molar-refractivity contribution in [1.29, 1.82) is 0 Å². The maximum atomic E-state index is 13.3. The molecule has 2 aliphatic rings. The predicted octanol–water partition coefficient (Wildman–Crippen LogP) is 6.22. The van der Waals surface area contributed by atoms with Crippen molar-refractivity contribution >= 4 is 18.2 Å². The molecule has 2 unspecified atom stereocenters. The molecule has 4 nitrogen and oxygen atoms in total. The van der Waals surface area contributed by atoms with E-state index in [1.807, 2.05) is 0 Å². The minimum atomic E-state index is -3.05. The van der Waals surface area contributed by atoms with Crippen LogP contribution in [-0.4, -0.2) is 43.0 Å². The number of nitrogens with zero attached hydrogens (tertiary/aromatic N) is 1. The first-order valence-electron chi connectivity index (χ1n) is 10.7. The summed E-state index contributed by atoms with van der Waals surface area (Å²) >= 11 is 1.47. The van der Waals surface area contributed by atoms with Gasteiger partial charge in [-0.1, -0.05) is 34.1 Å². The zero-order valence-electron chi connectivity index (χ0n) is 17.3. The van der Waals surface area contributed by atoms with E-state index < -0.39 is 6.80 Å². The molecule has 2 saturated heterocycles. The molecule has 6 heteroatoms. The van der Waals surface area contributed by atoms with E-state index in [-0.39, 0.29) is 0 Å². The Kier molecular flexibility index (Phi) is 10.0. The van der Waals surface area contributed by atoms with Gasteiger partial charge >= 0.3 is 6.80 Å². The maximum absolute atomic E-state index is 13.3. The Labute approximate surface area is 165 Å². The third-order valence-corrected chi connectivity index (χ3v) is 9.48.